The van der Waals surface area contributed by atoms with Gasteiger partial charge in [0.15, 0.2) is 23.0 Å². The summed E-state index contributed by atoms with van der Waals surface area (Å²) in [4.78, 5) is 22.6. The maximum atomic E-state index is 13.7. The Morgan fingerprint density at radius 3 is 1.81 bits per heavy atom. The second kappa shape index (κ2) is 15.1. The molecule has 0 N–H and O–H groups in total. The molecule has 1 fully saturated rings. The number of nitrogens with zero attached hydrogens (tertiary/aromatic N) is 3. The molecule has 4 aromatic rings. The highest BCUT2D eigenvalue weighted by molar-refractivity contribution is 5.95. The summed E-state index contributed by atoms with van der Waals surface area (Å²) in [5.74, 6) is 3.37. The second-order valence-corrected chi connectivity index (χ2v) is 11.4. The van der Waals surface area contributed by atoms with Crippen LogP contribution in [0.25, 0.3) is 22.4 Å². The van der Waals surface area contributed by atoms with Gasteiger partial charge in [0.25, 0.3) is 5.91 Å². The van der Waals surface area contributed by atoms with Crippen molar-refractivity contribution in [3.63, 3.8) is 0 Å². The number of methoxy groups -OCH3 is 6. The molecule has 0 spiro atoms. The molecule has 1 amide bonds. The lowest BCUT2D eigenvalue weighted by atomic mass is 9.99. The van der Waals surface area contributed by atoms with Gasteiger partial charge in [0.1, 0.15) is 0 Å². The van der Waals surface area contributed by atoms with Crippen LogP contribution in [0.4, 0.5) is 0 Å². The van der Waals surface area contributed by atoms with Crippen LogP contribution in [0.2, 0.25) is 0 Å². The molecule has 248 valence electrons. The summed E-state index contributed by atoms with van der Waals surface area (Å²) in [7, 11) is 11.5. The van der Waals surface area contributed by atoms with E-state index < -0.39 is 0 Å². The van der Waals surface area contributed by atoms with Crippen molar-refractivity contribution in [2.45, 2.75) is 25.4 Å². The number of likely N-dealkylation sites (tertiary alicyclic amines) is 1. The normalized spacial score (nSPS) is 13.5. The van der Waals surface area contributed by atoms with Crippen LogP contribution < -0.4 is 28.4 Å². The Morgan fingerprint density at radius 2 is 1.28 bits per heavy atom. The molecule has 47 heavy (non-hydrogen) atoms. The van der Waals surface area contributed by atoms with E-state index >= 15 is 0 Å². The van der Waals surface area contributed by atoms with Gasteiger partial charge < -0.3 is 33.3 Å². The molecule has 10 heteroatoms. The Hall–Kier alpha value is -4.96. The Labute approximate surface area is 276 Å². The van der Waals surface area contributed by atoms with E-state index in [-0.39, 0.29) is 11.9 Å². The summed E-state index contributed by atoms with van der Waals surface area (Å²) < 4.78 is 33.1. The van der Waals surface area contributed by atoms with Crippen molar-refractivity contribution in [3.05, 3.63) is 78.0 Å². The number of pyridine rings is 1. The number of piperidine rings is 1. The fourth-order valence-electron chi connectivity index (χ4n) is 6.13. The van der Waals surface area contributed by atoms with E-state index in [1.165, 1.54) is 0 Å². The molecule has 5 rings (SSSR count). The summed E-state index contributed by atoms with van der Waals surface area (Å²) in [6.07, 6.45) is 3.61. The number of amides is 1. The molecule has 0 radical (unpaired) electrons. The summed E-state index contributed by atoms with van der Waals surface area (Å²) in [5, 5.41) is 0. The van der Waals surface area contributed by atoms with E-state index in [1.54, 1.807) is 42.7 Å². The number of hydrogen-bond acceptors (Lipinski definition) is 9. The molecular weight excluding hydrogens is 598 g/mol. The van der Waals surface area contributed by atoms with Gasteiger partial charge in [-0.1, -0.05) is 12.1 Å². The van der Waals surface area contributed by atoms with E-state index in [4.69, 9.17) is 28.4 Å². The van der Waals surface area contributed by atoms with Crippen LogP contribution in [0.3, 0.4) is 0 Å². The minimum atomic E-state index is 0.00173. The minimum Gasteiger partial charge on any atom is -0.493 e. The third-order valence-electron chi connectivity index (χ3n) is 8.72. The van der Waals surface area contributed by atoms with Crippen LogP contribution in [0.1, 0.15) is 28.8 Å². The first-order chi connectivity index (χ1) is 22.8. The average molecular weight is 642 g/mol. The number of rotatable bonds is 12. The maximum Gasteiger partial charge on any atom is 0.253 e. The number of hydrogen-bond donors (Lipinski definition) is 0. The number of aromatic nitrogens is 1. The van der Waals surface area contributed by atoms with Gasteiger partial charge in [0, 0.05) is 50.0 Å². The van der Waals surface area contributed by atoms with Crippen LogP contribution in [0.5, 0.6) is 34.5 Å². The zero-order valence-corrected chi connectivity index (χ0v) is 28.2. The van der Waals surface area contributed by atoms with E-state index in [0.29, 0.717) is 40.1 Å². The van der Waals surface area contributed by atoms with Crippen molar-refractivity contribution >= 4 is 5.91 Å². The van der Waals surface area contributed by atoms with Crippen LogP contribution in [0, 0.1) is 0 Å². The van der Waals surface area contributed by atoms with Crippen LogP contribution in [-0.2, 0) is 6.54 Å². The highest BCUT2D eigenvalue weighted by Gasteiger charge is 2.27. The first kappa shape index (κ1) is 33.4. The van der Waals surface area contributed by atoms with Gasteiger partial charge in [0.2, 0.25) is 11.5 Å². The smallest absolute Gasteiger partial charge is 0.253 e. The lowest BCUT2D eigenvalue weighted by Gasteiger charge is -2.37. The van der Waals surface area contributed by atoms with Crippen molar-refractivity contribution in [2.75, 3.05) is 62.8 Å². The third kappa shape index (κ3) is 7.23. The Balaban J connectivity index is 1.24. The molecule has 10 nitrogen and oxygen atoms in total. The van der Waals surface area contributed by atoms with E-state index in [9.17, 15) is 4.79 Å². The van der Waals surface area contributed by atoms with Gasteiger partial charge >= 0.3 is 0 Å². The summed E-state index contributed by atoms with van der Waals surface area (Å²) >= 11 is 0. The highest BCUT2D eigenvalue weighted by atomic mass is 16.5. The molecule has 1 saturated heterocycles. The molecule has 1 aromatic heterocycles. The molecule has 1 aliphatic rings. The lowest BCUT2D eigenvalue weighted by molar-refractivity contribution is 0.0636. The first-order valence-corrected chi connectivity index (χ1v) is 15.5. The highest BCUT2D eigenvalue weighted by Crippen LogP contribution is 2.42. The Bertz CT molecular complexity index is 1650. The fourth-order valence-corrected chi connectivity index (χ4v) is 6.13. The predicted octanol–water partition coefficient (Wildman–Crippen LogP) is 6.20. The van der Waals surface area contributed by atoms with Crippen molar-refractivity contribution < 1.29 is 33.2 Å². The minimum absolute atomic E-state index is 0.00173. The number of ether oxygens (including phenoxy) is 6. The van der Waals surface area contributed by atoms with Gasteiger partial charge in [-0.3, -0.25) is 14.7 Å². The topological polar surface area (TPSA) is 91.8 Å². The van der Waals surface area contributed by atoms with Gasteiger partial charge in [-0.05, 0) is 78.1 Å². The van der Waals surface area contributed by atoms with Gasteiger partial charge in [-0.15, -0.1) is 0 Å². The predicted molar refractivity (Wildman–Crippen MR) is 181 cm³/mol. The number of benzene rings is 3. The lowest BCUT2D eigenvalue weighted by Crippen LogP contribution is -2.45. The van der Waals surface area contributed by atoms with Gasteiger partial charge in [0.05, 0.1) is 48.4 Å². The molecule has 2 heterocycles. The standard InChI is InChI=1S/C37H43N3O7/c1-39(37(41)26-10-8-9-25(18-26)27-19-31(42-2)35(46-6)32(20-27)43-3)29-12-15-40(16-13-29)23-24-11-14-38-30(17-24)28-21-33(44-4)36(47-7)34(22-28)45-5/h8-11,14,17-22,29H,12-13,15-16,23H2,1-7H3. The molecule has 3 aromatic carbocycles. The molecule has 0 aliphatic carbocycles. The van der Waals surface area contributed by atoms with Gasteiger partial charge in [-0.2, -0.15) is 0 Å². The zero-order valence-electron chi connectivity index (χ0n) is 28.2. The van der Waals surface area contributed by atoms with Crippen LogP contribution in [0.15, 0.2) is 66.9 Å². The first-order valence-electron chi connectivity index (χ1n) is 15.5. The maximum absolute atomic E-state index is 13.7. The number of carbonyl (C=O) groups is 1. The molecular formula is C37H43N3O7. The molecule has 0 atom stereocenters. The molecule has 0 saturated carbocycles. The summed E-state index contributed by atoms with van der Waals surface area (Å²) in [6, 6.07) is 19.6. The van der Waals surface area contributed by atoms with Crippen molar-refractivity contribution in [2.24, 2.45) is 0 Å². The molecule has 1 aliphatic heterocycles. The van der Waals surface area contributed by atoms with Crippen molar-refractivity contribution in [1.29, 1.82) is 0 Å². The van der Waals surface area contributed by atoms with Crippen molar-refractivity contribution in [1.82, 2.24) is 14.8 Å². The van der Waals surface area contributed by atoms with Gasteiger partial charge in [-0.25, -0.2) is 0 Å². The monoisotopic (exact) mass is 641 g/mol. The van der Waals surface area contributed by atoms with Crippen molar-refractivity contribution in [3.8, 4) is 56.9 Å². The average Bonchev–Trinajstić information content (AvgIpc) is 3.13. The zero-order chi connectivity index (χ0) is 33.5. The molecule has 0 unspecified atom stereocenters. The van der Waals surface area contributed by atoms with E-state index in [2.05, 4.69) is 16.0 Å². The van der Waals surface area contributed by atoms with Crippen LogP contribution >= 0.6 is 0 Å². The second-order valence-electron chi connectivity index (χ2n) is 11.4. The Kier molecular flexibility index (Phi) is 10.7. The summed E-state index contributed by atoms with van der Waals surface area (Å²) in [5.41, 5.74) is 5.27. The largest absolute Gasteiger partial charge is 0.493 e. The van der Waals surface area contributed by atoms with E-state index in [1.807, 2.05) is 72.7 Å². The fraction of sp³-hybridized carbons (Fsp3) is 0.351. The third-order valence-corrected chi connectivity index (χ3v) is 8.72. The quantitative estimate of drug-likeness (QED) is 0.179. The van der Waals surface area contributed by atoms with E-state index in [0.717, 1.165) is 60.4 Å². The van der Waals surface area contributed by atoms with Crippen LogP contribution in [-0.4, -0.2) is 89.5 Å². The Morgan fingerprint density at radius 1 is 0.723 bits per heavy atom. The summed E-state index contributed by atoms with van der Waals surface area (Å²) in [6.45, 7) is 2.56. The molecule has 0 bridgehead atoms. The number of carbonyl (C=O) groups excluding carboxylic acids is 1. The SMILES string of the molecule is COc1cc(-c2cccc(C(=O)N(C)C3CCN(Cc4ccnc(-c5cc(OC)c(OC)c(OC)c5)c4)CC3)c2)cc(OC)c1OC.